The third-order valence-electron chi connectivity index (χ3n) is 3.81. The number of halogens is 4. The van der Waals surface area contributed by atoms with Gasteiger partial charge in [-0.1, -0.05) is 16.8 Å². The molecule has 1 aliphatic rings. The minimum atomic E-state index is -4.60. The van der Waals surface area contributed by atoms with E-state index in [0.717, 1.165) is 6.07 Å². The molecular formula is C14H11ClF3N3O3. The van der Waals surface area contributed by atoms with Crippen molar-refractivity contribution < 1.29 is 27.6 Å². The number of pyridine rings is 1. The number of aromatic nitrogens is 2. The van der Waals surface area contributed by atoms with E-state index in [0.29, 0.717) is 12.6 Å². The number of likely N-dealkylation sites (N-methyl/N-ethyl adjacent to an activating group) is 1. The Bertz CT molecular complexity index is 808. The normalized spacial score (nSPS) is 21.6. The molecule has 6 nitrogen and oxygen atoms in total. The van der Waals surface area contributed by atoms with Crippen molar-refractivity contribution >= 4 is 17.5 Å². The first-order chi connectivity index (χ1) is 11.1. The maximum Gasteiger partial charge on any atom is 0.416 e. The largest absolute Gasteiger partial charge is 0.416 e. The van der Waals surface area contributed by atoms with E-state index >= 15 is 0 Å². The summed E-state index contributed by atoms with van der Waals surface area (Å²) in [6.45, 7) is 0.318. The van der Waals surface area contributed by atoms with Crippen molar-refractivity contribution in [2.75, 3.05) is 13.6 Å². The fourth-order valence-corrected chi connectivity index (χ4v) is 2.67. The molecule has 0 spiro atoms. The molecular weight excluding hydrogens is 351 g/mol. The standard InChI is InChI=1S/C14H11ClF3N3O3/c1-21-3-2-13(23,12(21)22)10-6-9(20-24-10)8-4-7(14(16,17)18)5-11(15)19-8/h4-6,23H,2-3H2,1H3. The zero-order chi connectivity index (χ0) is 17.7. The number of rotatable bonds is 2. The molecule has 0 aliphatic carbocycles. The average Bonchev–Trinajstić information content (AvgIpc) is 3.08. The Labute approximate surface area is 138 Å². The van der Waals surface area contributed by atoms with Crippen molar-refractivity contribution in [3.05, 3.63) is 34.7 Å². The molecule has 0 saturated carbocycles. The molecule has 3 rings (SSSR count). The van der Waals surface area contributed by atoms with Gasteiger partial charge in [0.1, 0.15) is 10.8 Å². The number of alkyl halides is 3. The molecule has 128 valence electrons. The predicted molar refractivity (Wildman–Crippen MR) is 75.9 cm³/mol. The van der Waals surface area contributed by atoms with Gasteiger partial charge in [-0.25, -0.2) is 4.98 Å². The molecule has 24 heavy (non-hydrogen) atoms. The van der Waals surface area contributed by atoms with E-state index in [9.17, 15) is 23.1 Å². The predicted octanol–water partition coefficient (Wildman–Crippen LogP) is 2.46. The van der Waals surface area contributed by atoms with Gasteiger partial charge >= 0.3 is 6.18 Å². The molecule has 0 radical (unpaired) electrons. The highest BCUT2D eigenvalue weighted by Gasteiger charge is 2.48. The molecule has 10 heteroatoms. The van der Waals surface area contributed by atoms with Gasteiger partial charge in [-0.2, -0.15) is 13.2 Å². The van der Waals surface area contributed by atoms with Crippen molar-refractivity contribution in [3.8, 4) is 11.4 Å². The number of nitrogens with zero attached hydrogens (tertiary/aromatic N) is 3. The quantitative estimate of drug-likeness (QED) is 0.831. The lowest BCUT2D eigenvalue weighted by atomic mass is 9.98. The second-order valence-electron chi connectivity index (χ2n) is 5.47. The zero-order valence-electron chi connectivity index (χ0n) is 12.3. The smallest absolute Gasteiger partial charge is 0.373 e. The molecule has 0 bridgehead atoms. The number of hydrogen-bond acceptors (Lipinski definition) is 5. The van der Waals surface area contributed by atoms with E-state index in [2.05, 4.69) is 10.1 Å². The summed E-state index contributed by atoms with van der Waals surface area (Å²) in [6.07, 6.45) is -4.51. The first-order valence-corrected chi connectivity index (χ1v) is 7.19. The van der Waals surface area contributed by atoms with Crippen LogP contribution >= 0.6 is 11.6 Å². The van der Waals surface area contributed by atoms with Crippen LogP contribution in [-0.4, -0.2) is 39.6 Å². The van der Waals surface area contributed by atoms with Crippen molar-refractivity contribution in [1.82, 2.24) is 15.0 Å². The van der Waals surface area contributed by atoms with Gasteiger partial charge in [0.2, 0.25) is 5.60 Å². The fraction of sp³-hybridized carbons (Fsp3) is 0.357. The Hall–Kier alpha value is -2.13. The summed E-state index contributed by atoms with van der Waals surface area (Å²) in [7, 11) is 1.52. The van der Waals surface area contributed by atoms with Gasteiger partial charge in [-0.3, -0.25) is 4.79 Å². The number of likely N-dealkylation sites (tertiary alicyclic amines) is 1. The van der Waals surface area contributed by atoms with E-state index in [4.69, 9.17) is 16.1 Å². The highest BCUT2D eigenvalue weighted by Crippen LogP contribution is 2.36. The summed E-state index contributed by atoms with van der Waals surface area (Å²) in [5, 5.41) is 13.7. The minimum absolute atomic E-state index is 0.0613. The highest BCUT2D eigenvalue weighted by molar-refractivity contribution is 6.29. The molecule has 1 aliphatic heterocycles. The van der Waals surface area contributed by atoms with Crippen molar-refractivity contribution in [3.63, 3.8) is 0 Å². The first kappa shape index (κ1) is 16.7. The highest BCUT2D eigenvalue weighted by atomic mass is 35.5. The number of amides is 1. The molecule has 2 aromatic rings. The Kier molecular flexibility index (Phi) is 3.80. The maximum atomic E-state index is 12.8. The Morgan fingerprint density at radius 2 is 2.04 bits per heavy atom. The lowest BCUT2D eigenvalue weighted by Gasteiger charge is -2.16. The van der Waals surface area contributed by atoms with Crippen LogP contribution in [0.2, 0.25) is 5.15 Å². The van der Waals surface area contributed by atoms with Gasteiger partial charge in [0, 0.05) is 26.1 Å². The molecule has 1 amide bonds. The zero-order valence-corrected chi connectivity index (χ0v) is 13.0. The van der Waals surface area contributed by atoms with Crippen LogP contribution in [0, 0.1) is 0 Å². The molecule has 0 aromatic carbocycles. The number of hydrogen-bond donors (Lipinski definition) is 1. The Balaban J connectivity index is 2.00. The van der Waals surface area contributed by atoms with Gasteiger partial charge < -0.3 is 14.5 Å². The number of carbonyl (C=O) groups excluding carboxylic acids is 1. The molecule has 1 atom stereocenters. The van der Waals surface area contributed by atoms with Crippen molar-refractivity contribution in [1.29, 1.82) is 0 Å². The molecule has 1 N–H and O–H groups in total. The van der Waals surface area contributed by atoms with Gasteiger partial charge in [0.25, 0.3) is 5.91 Å². The third-order valence-corrected chi connectivity index (χ3v) is 4.00. The first-order valence-electron chi connectivity index (χ1n) is 6.81. The summed E-state index contributed by atoms with van der Waals surface area (Å²) in [4.78, 5) is 17.1. The average molecular weight is 362 g/mol. The van der Waals surface area contributed by atoms with Crippen LogP contribution in [0.15, 0.2) is 22.7 Å². The van der Waals surface area contributed by atoms with Crippen LogP contribution < -0.4 is 0 Å². The molecule has 1 fully saturated rings. The summed E-state index contributed by atoms with van der Waals surface area (Å²) in [6, 6.07) is 2.64. The van der Waals surface area contributed by atoms with Crippen LogP contribution in [0.3, 0.4) is 0 Å². The maximum absolute atomic E-state index is 12.8. The topological polar surface area (TPSA) is 79.5 Å². The van der Waals surface area contributed by atoms with Crippen LogP contribution in [0.1, 0.15) is 17.7 Å². The minimum Gasteiger partial charge on any atom is -0.373 e. The van der Waals surface area contributed by atoms with E-state index in [1.807, 2.05) is 0 Å². The molecule has 2 aromatic heterocycles. The van der Waals surface area contributed by atoms with E-state index in [1.165, 1.54) is 18.0 Å². The Morgan fingerprint density at radius 3 is 2.62 bits per heavy atom. The van der Waals surface area contributed by atoms with Crippen LogP contribution in [0.4, 0.5) is 13.2 Å². The van der Waals surface area contributed by atoms with Crippen LogP contribution in [-0.2, 0) is 16.6 Å². The SMILES string of the molecule is CN1CCC(O)(c2cc(-c3cc(C(F)(F)F)cc(Cl)n3)no2)C1=O. The van der Waals surface area contributed by atoms with E-state index < -0.39 is 23.2 Å². The second kappa shape index (κ2) is 5.45. The lowest BCUT2D eigenvalue weighted by molar-refractivity contribution is -0.144. The van der Waals surface area contributed by atoms with E-state index in [1.54, 1.807) is 0 Å². The van der Waals surface area contributed by atoms with Crippen LogP contribution in [0.25, 0.3) is 11.4 Å². The van der Waals surface area contributed by atoms with Gasteiger partial charge in [0.15, 0.2) is 5.76 Å². The lowest BCUT2D eigenvalue weighted by Crippen LogP contribution is -2.35. The summed E-state index contributed by atoms with van der Waals surface area (Å²) in [5.41, 5.74) is -3.11. The monoisotopic (exact) mass is 361 g/mol. The molecule has 1 saturated heterocycles. The summed E-state index contributed by atoms with van der Waals surface area (Å²) >= 11 is 5.63. The van der Waals surface area contributed by atoms with Crippen molar-refractivity contribution in [2.24, 2.45) is 0 Å². The van der Waals surface area contributed by atoms with E-state index in [-0.39, 0.29) is 28.7 Å². The van der Waals surface area contributed by atoms with Crippen LogP contribution in [0.5, 0.6) is 0 Å². The van der Waals surface area contributed by atoms with Gasteiger partial charge in [-0.05, 0) is 12.1 Å². The van der Waals surface area contributed by atoms with Crippen molar-refractivity contribution in [2.45, 2.75) is 18.2 Å². The number of carbonyl (C=O) groups is 1. The van der Waals surface area contributed by atoms with Gasteiger partial charge in [0.05, 0.1) is 11.3 Å². The number of aliphatic hydroxyl groups is 1. The molecule has 3 heterocycles. The molecule has 1 unspecified atom stereocenters. The van der Waals surface area contributed by atoms with Gasteiger partial charge in [-0.15, -0.1) is 0 Å². The summed E-state index contributed by atoms with van der Waals surface area (Å²) in [5.74, 6) is -0.720. The fourth-order valence-electron chi connectivity index (χ4n) is 2.46. The second-order valence-corrected chi connectivity index (χ2v) is 5.86. The Morgan fingerprint density at radius 1 is 1.33 bits per heavy atom. The summed E-state index contributed by atoms with van der Waals surface area (Å²) < 4.78 is 43.5. The third kappa shape index (κ3) is 2.73.